The van der Waals surface area contributed by atoms with Crippen molar-refractivity contribution in [3.63, 3.8) is 0 Å². The first-order chi connectivity index (χ1) is 17.9. The summed E-state index contributed by atoms with van der Waals surface area (Å²) >= 11 is 0. The van der Waals surface area contributed by atoms with Gasteiger partial charge in [-0.3, -0.25) is 19.2 Å². The lowest BCUT2D eigenvalue weighted by molar-refractivity contribution is -0.177. The van der Waals surface area contributed by atoms with Crippen molar-refractivity contribution in [1.82, 2.24) is 15.5 Å². The normalized spacial score (nSPS) is 34.3. The summed E-state index contributed by atoms with van der Waals surface area (Å²) < 4.78 is 70.1. The number of primary amides is 1. The SMILES string of the molecule is CC(C)(C)[C@H](NC(=O)C(F)(F)F)C(=O)N1CC2C3C=CC(C2C1(C(N)=O)[C@@H](C#N)C[C@H]1CCNC1=O)C3(F)F. The van der Waals surface area contributed by atoms with Crippen LogP contribution in [0.2, 0.25) is 0 Å². The van der Waals surface area contributed by atoms with Gasteiger partial charge in [0.15, 0.2) is 0 Å². The van der Waals surface area contributed by atoms with E-state index in [1.54, 1.807) is 5.32 Å². The number of hydrogen-bond donors (Lipinski definition) is 3. The number of allylic oxidation sites excluding steroid dienone is 2. The summed E-state index contributed by atoms with van der Waals surface area (Å²) in [6, 6.07) is 0.0865. The average molecular weight is 560 g/mol. The van der Waals surface area contributed by atoms with E-state index in [2.05, 4.69) is 5.32 Å². The van der Waals surface area contributed by atoms with E-state index < -0.39 is 94.8 Å². The minimum Gasteiger partial charge on any atom is -0.368 e. The van der Waals surface area contributed by atoms with Crippen molar-refractivity contribution in [1.29, 1.82) is 5.26 Å². The zero-order valence-electron chi connectivity index (χ0n) is 21.5. The smallest absolute Gasteiger partial charge is 0.368 e. The predicted molar refractivity (Wildman–Crippen MR) is 124 cm³/mol. The van der Waals surface area contributed by atoms with Gasteiger partial charge in [-0.2, -0.15) is 18.4 Å². The lowest BCUT2D eigenvalue weighted by Crippen LogP contribution is -2.68. The Kier molecular flexibility index (Phi) is 6.76. The van der Waals surface area contributed by atoms with Crippen LogP contribution in [0.1, 0.15) is 33.6 Å². The van der Waals surface area contributed by atoms with Gasteiger partial charge in [-0.15, -0.1) is 0 Å². The summed E-state index contributed by atoms with van der Waals surface area (Å²) in [6.07, 6.45) is -2.81. The summed E-state index contributed by atoms with van der Waals surface area (Å²) in [7, 11) is 0. The minimum absolute atomic E-state index is 0.278. The largest absolute Gasteiger partial charge is 0.471 e. The van der Waals surface area contributed by atoms with Gasteiger partial charge < -0.3 is 21.3 Å². The molecule has 2 aliphatic heterocycles. The van der Waals surface area contributed by atoms with Crippen LogP contribution in [0.4, 0.5) is 22.0 Å². The maximum Gasteiger partial charge on any atom is 0.471 e. The standard InChI is InChI=1S/C25H30F5N5O4/c1-22(2,3)17(34-21(39)25(28,29)30)19(37)35-10-13-14-4-5-15(24(14,26)27)16(13)23(35,20(32)38)12(9-31)8-11-6-7-33-18(11)36/h4-5,11-17H,6-8,10H2,1-3H3,(H2,32,38)(H,33,36)(H,34,39)/t11-,12-,13?,14?,15?,16?,17-,23?/m1/s1. The van der Waals surface area contributed by atoms with Crippen molar-refractivity contribution in [2.75, 3.05) is 13.1 Å². The van der Waals surface area contributed by atoms with Crippen molar-refractivity contribution in [3.05, 3.63) is 12.2 Å². The number of halogens is 5. The summed E-state index contributed by atoms with van der Waals surface area (Å²) in [5, 5.41) is 14.6. The van der Waals surface area contributed by atoms with Crippen molar-refractivity contribution in [3.8, 4) is 6.07 Å². The van der Waals surface area contributed by atoms with Gasteiger partial charge in [0.25, 0.3) is 5.92 Å². The number of carbonyl (C=O) groups is 4. The van der Waals surface area contributed by atoms with Gasteiger partial charge in [-0.1, -0.05) is 32.9 Å². The van der Waals surface area contributed by atoms with Crippen molar-refractivity contribution in [2.24, 2.45) is 46.7 Å². The number of alkyl halides is 5. The first-order valence-corrected chi connectivity index (χ1v) is 12.6. The summed E-state index contributed by atoms with van der Waals surface area (Å²) in [5.41, 5.74) is 2.19. The maximum atomic E-state index is 15.3. The van der Waals surface area contributed by atoms with Crippen molar-refractivity contribution >= 4 is 23.6 Å². The van der Waals surface area contributed by atoms with Gasteiger partial charge in [-0.05, 0) is 24.2 Å². The first kappa shape index (κ1) is 28.8. The van der Waals surface area contributed by atoms with Crippen LogP contribution < -0.4 is 16.4 Å². The number of nitrogens with zero attached hydrogens (tertiary/aromatic N) is 2. The zero-order chi connectivity index (χ0) is 29.3. The van der Waals surface area contributed by atoms with Gasteiger partial charge in [0.1, 0.15) is 11.6 Å². The van der Waals surface area contributed by atoms with Crippen LogP contribution in [0.25, 0.3) is 0 Å². The molecule has 5 unspecified atom stereocenters. The molecule has 8 atom stereocenters. The Morgan fingerprint density at radius 2 is 1.85 bits per heavy atom. The lowest BCUT2D eigenvalue weighted by atomic mass is 9.65. The number of nitriles is 1. The molecule has 4 N–H and O–H groups in total. The Hall–Kier alpha value is -3.24. The molecule has 0 aromatic carbocycles. The summed E-state index contributed by atoms with van der Waals surface area (Å²) in [4.78, 5) is 52.6. The molecule has 2 saturated heterocycles. The van der Waals surface area contributed by atoms with Crippen LogP contribution in [0.15, 0.2) is 12.2 Å². The van der Waals surface area contributed by atoms with Crippen molar-refractivity contribution < 1.29 is 41.1 Å². The second kappa shape index (κ2) is 9.16. The Balaban J connectivity index is 1.85. The molecule has 9 nitrogen and oxygen atoms in total. The lowest BCUT2D eigenvalue weighted by Gasteiger charge is -2.46. The van der Waals surface area contributed by atoms with E-state index in [-0.39, 0.29) is 6.42 Å². The van der Waals surface area contributed by atoms with Crippen LogP contribution in [0.3, 0.4) is 0 Å². The van der Waals surface area contributed by atoms with Gasteiger partial charge in [0.2, 0.25) is 17.7 Å². The van der Waals surface area contributed by atoms with E-state index in [1.165, 1.54) is 32.9 Å². The Bertz CT molecular complexity index is 1160. The molecule has 4 rings (SSSR count). The van der Waals surface area contributed by atoms with E-state index in [4.69, 9.17) is 5.73 Å². The van der Waals surface area contributed by atoms with Gasteiger partial charge in [-0.25, -0.2) is 8.78 Å². The molecule has 214 valence electrons. The van der Waals surface area contributed by atoms with Crippen LogP contribution in [-0.2, 0) is 19.2 Å². The molecule has 3 fully saturated rings. The predicted octanol–water partition coefficient (Wildman–Crippen LogP) is 1.50. The zero-order valence-corrected chi connectivity index (χ0v) is 21.5. The third-order valence-corrected chi connectivity index (χ3v) is 8.75. The van der Waals surface area contributed by atoms with Gasteiger partial charge in [0.05, 0.1) is 12.0 Å². The molecule has 2 bridgehead atoms. The quantitative estimate of drug-likeness (QED) is 0.334. The van der Waals surface area contributed by atoms with Gasteiger partial charge >= 0.3 is 12.1 Å². The molecule has 2 heterocycles. The number of nitrogens with one attached hydrogen (secondary N) is 2. The van der Waals surface area contributed by atoms with Crippen molar-refractivity contribution in [2.45, 2.75) is 57.3 Å². The molecule has 0 aromatic rings. The number of carbonyl (C=O) groups excluding carboxylic acids is 4. The Labute approximate surface area is 221 Å². The fourth-order valence-electron chi connectivity index (χ4n) is 7.03. The first-order valence-electron chi connectivity index (χ1n) is 12.6. The number of rotatable bonds is 6. The van der Waals surface area contributed by atoms with E-state index in [0.717, 1.165) is 4.90 Å². The highest BCUT2D eigenvalue weighted by atomic mass is 19.4. The monoisotopic (exact) mass is 559 g/mol. The van der Waals surface area contributed by atoms with E-state index in [0.29, 0.717) is 13.0 Å². The molecule has 0 radical (unpaired) electrons. The second-order valence-electron chi connectivity index (χ2n) is 11.9. The number of fused-ring (bicyclic) bond motifs is 5. The van der Waals surface area contributed by atoms with Crippen LogP contribution in [0, 0.1) is 52.3 Å². The number of nitrogens with two attached hydrogens (primary N) is 1. The topological polar surface area (TPSA) is 145 Å². The van der Waals surface area contributed by atoms with Gasteiger partial charge in [0, 0.05) is 36.8 Å². The fourth-order valence-corrected chi connectivity index (χ4v) is 7.03. The summed E-state index contributed by atoms with van der Waals surface area (Å²) in [5.74, 6) is -16.1. The second-order valence-corrected chi connectivity index (χ2v) is 11.9. The maximum absolute atomic E-state index is 15.3. The molecule has 0 spiro atoms. The Morgan fingerprint density at radius 1 is 1.23 bits per heavy atom. The van der Waals surface area contributed by atoms with Crippen LogP contribution in [0.5, 0.6) is 0 Å². The molecule has 1 saturated carbocycles. The third kappa shape index (κ3) is 4.24. The molecular weight excluding hydrogens is 529 g/mol. The molecule has 39 heavy (non-hydrogen) atoms. The number of hydrogen-bond acceptors (Lipinski definition) is 5. The van der Waals surface area contributed by atoms with E-state index >= 15 is 8.78 Å². The molecule has 4 amide bonds. The highest BCUT2D eigenvalue weighted by molar-refractivity contribution is 5.97. The highest BCUT2D eigenvalue weighted by Gasteiger charge is 2.77. The van der Waals surface area contributed by atoms with E-state index in [9.17, 15) is 37.6 Å². The number of amides is 4. The van der Waals surface area contributed by atoms with Crippen LogP contribution >= 0.6 is 0 Å². The van der Waals surface area contributed by atoms with E-state index in [1.807, 2.05) is 6.07 Å². The number of likely N-dealkylation sites (tertiary alicyclic amines) is 1. The third-order valence-electron chi connectivity index (χ3n) is 8.75. The molecule has 0 aromatic heterocycles. The Morgan fingerprint density at radius 3 is 2.33 bits per heavy atom. The highest BCUT2D eigenvalue weighted by Crippen LogP contribution is 2.66. The molecular formula is C25H30F5N5O4. The minimum atomic E-state index is -5.33. The molecule has 2 aliphatic carbocycles. The molecule has 14 heteroatoms. The average Bonchev–Trinajstić information content (AvgIpc) is 3.52. The molecule has 4 aliphatic rings. The summed E-state index contributed by atoms with van der Waals surface area (Å²) in [6.45, 7) is 3.97. The fraction of sp³-hybridized carbons (Fsp3) is 0.720. The van der Waals surface area contributed by atoms with Crippen LogP contribution in [-0.4, -0.2) is 65.3 Å².